The fourth-order valence-corrected chi connectivity index (χ4v) is 2.89. The minimum Gasteiger partial charge on any atom is -0.396 e. The fraction of sp³-hybridized carbons (Fsp3) is 0.917. The maximum Gasteiger partial charge on any atom is 0.232 e. The summed E-state index contributed by atoms with van der Waals surface area (Å²) in [6, 6.07) is 0. The van der Waals surface area contributed by atoms with Gasteiger partial charge in [-0.25, -0.2) is 0 Å². The number of rotatable bonds is 5. The van der Waals surface area contributed by atoms with Crippen LogP contribution in [0.3, 0.4) is 0 Å². The number of aliphatic hydroxyl groups is 1. The number of nitrogens with zero attached hydrogens (tertiary/aromatic N) is 1. The number of aliphatic hydroxyl groups excluding tert-OH is 1. The number of likely N-dealkylation sites (tertiary alicyclic amines) is 1. The molecule has 3 nitrogen and oxygen atoms in total. The molecule has 0 aromatic carbocycles. The monoisotopic (exact) mass is 245 g/mol. The third-order valence-electron chi connectivity index (χ3n) is 2.95. The molecule has 0 aliphatic carbocycles. The van der Waals surface area contributed by atoms with Crippen molar-refractivity contribution >= 4 is 17.7 Å². The van der Waals surface area contributed by atoms with Crippen LogP contribution in [-0.2, 0) is 4.79 Å². The first-order valence-electron chi connectivity index (χ1n) is 6.10. The summed E-state index contributed by atoms with van der Waals surface area (Å²) in [6.07, 6.45) is 2.39. The number of amides is 1. The second-order valence-electron chi connectivity index (χ2n) is 4.89. The highest BCUT2D eigenvalue weighted by molar-refractivity contribution is 7.99. The zero-order chi connectivity index (χ0) is 12.0. The summed E-state index contributed by atoms with van der Waals surface area (Å²) in [6.45, 7) is 6.27. The van der Waals surface area contributed by atoms with Crippen LogP contribution in [0.15, 0.2) is 0 Å². The van der Waals surface area contributed by atoms with Crippen molar-refractivity contribution in [1.29, 1.82) is 0 Å². The predicted octanol–water partition coefficient (Wildman–Crippen LogP) is 1.61. The maximum absolute atomic E-state index is 11.9. The van der Waals surface area contributed by atoms with Crippen molar-refractivity contribution in [3.63, 3.8) is 0 Å². The first kappa shape index (κ1) is 13.8. The molecule has 94 valence electrons. The molecule has 16 heavy (non-hydrogen) atoms. The molecule has 1 aliphatic heterocycles. The summed E-state index contributed by atoms with van der Waals surface area (Å²) in [5.41, 5.74) is 0. The molecule has 2 atom stereocenters. The molecule has 4 heteroatoms. The smallest absolute Gasteiger partial charge is 0.232 e. The van der Waals surface area contributed by atoms with Crippen LogP contribution in [0.5, 0.6) is 0 Å². The second kappa shape index (κ2) is 7.17. The molecule has 0 bridgehead atoms. The Balaban J connectivity index is 2.19. The van der Waals surface area contributed by atoms with E-state index < -0.39 is 0 Å². The van der Waals surface area contributed by atoms with Gasteiger partial charge >= 0.3 is 0 Å². The van der Waals surface area contributed by atoms with Crippen LogP contribution in [0.4, 0.5) is 0 Å². The zero-order valence-corrected chi connectivity index (χ0v) is 11.1. The Morgan fingerprint density at radius 3 is 3.00 bits per heavy atom. The van der Waals surface area contributed by atoms with Gasteiger partial charge in [-0.15, -0.1) is 0 Å². The predicted molar refractivity (Wildman–Crippen MR) is 68.6 cm³/mol. The van der Waals surface area contributed by atoms with Crippen molar-refractivity contribution in [1.82, 2.24) is 4.90 Å². The first-order valence-corrected chi connectivity index (χ1v) is 7.25. The largest absolute Gasteiger partial charge is 0.396 e. The summed E-state index contributed by atoms with van der Waals surface area (Å²) < 4.78 is 0. The Labute approximate surface area is 103 Å². The summed E-state index contributed by atoms with van der Waals surface area (Å²) in [7, 11) is 0. The highest BCUT2D eigenvalue weighted by Crippen LogP contribution is 2.17. The normalized spacial score (nSPS) is 23.2. The molecule has 0 saturated carbocycles. The molecular weight excluding hydrogens is 222 g/mol. The van der Waals surface area contributed by atoms with E-state index in [-0.39, 0.29) is 18.4 Å². The van der Waals surface area contributed by atoms with Gasteiger partial charge in [0.15, 0.2) is 0 Å². The highest BCUT2D eigenvalue weighted by atomic mass is 32.2. The van der Waals surface area contributed by atoms with Crippen molar-refractivity contribution in [2.24, 2.45) is 11.8 Å². The van der Waals surface area contributed by atoms with Crippen LogP contribution in [0.1, 0.15) is 26.7 Å². The molecule has 2 unspecified atom stereocenters. The molecule has 1 saturated heterocycles. The summed E-state index contributed by atoms with van der Waals surface area (Å²) in [5.74, 6) is 2.64. The first-order chi connectivity index (χ1) is 7.63. The van der Waals surface area contributed by atoms with Crippen LogP contribution in [0, 0.1) is 11.8 Å². The van der Waals surface area contributed by atoms with Crippen LogP contribution in [0.2, 0.25) is 0 Å². The lowest BCUT2D eigenvalue weighted by molar-refractivity contribution is -0.130. The van der Waals surface area contributed by atoms with Crippen molar-refractivity contribution < 1.29 is 9.90 Å². The van der Waals surface area contributed by atoms with E-state index in [1.165, 1.54) is 6.42 Å². The van der Waals surface area contributed by atoms with E-state index in [9.17, 15) is 4.79 Å². The van der Waals surface area contributed by atoms with Gasteiger partial charge in [0.1, 0.15) is 0 Å². The maximum atomic E-state index is 11.9. The van der Waals surface area contributed by atoms with Gasteiger partial charge in [0.25, 0.3) is 0 Å². The molecule has 1 heterocycles. The van der Waals surface area contributed by atoms with Crippen LogP contribution in [-0.4, -0.2) is 47.1 Å². The van der Waals surface area contributed by atoms with Gasteiger partial charge in [-0.2, -0.15) is 11.8 Å². The SMILES string of the molecule is CC(CO)CSCC(=O)N1CCCC(C)C1. The summed E-state index contributed by atoms with van der Waals surface area (Å²) in [4.78, 5) is 13.8. The van der Waals surface area contributed by atoms with Crippen molar-refractivity contribution in [3.05, 3.63) is 0 Å². The average Bonchev–Trinajstić information content (AvgIpc) is 2.28. The lowest BCUT2D eigenvalue weighted by Gasteiger charge is -2.31. The average molecular weight is 245 g/mol. The van der Waals surface area contributed by atoms with E-state index in [4.69, 9.17) is 5.11 Å². The molecular formula is C12H23NO2S. The lowest BCUT2D eigenvalue weighted by atomic mass is 10.0. The van der Waals surface area contributed by atoms with E-state index in [1.807, 2.05) is 11.8 Å². The lowest BCUT2D eigenvalue weighted by Crippen LogP contribution is -2.40. The third-order valence-corrected chi connectivity index (χ3v) is 4.21. The summed E-state index contributed by atoms with van der Waals surface area (Å²) in [5, 5.41) is 8.87. The van der Waals surface area contributed by atoms with Crippen molar-refractivity contribution in [2.75, 3.05) is 31.2 Å². The Morgan fingerprint density at radius 1 is 1.62 bits per heavy atom. The minimum absolute atomic E-state index is 0.210. The number of thioether (sulfide) groups is 1. The Bertz CT molecular complexity index is 223. The van der Waals surface area contributed by atoms with Gasteiger partial charge in [-0.3, -0.25) is 4.79 Å². The van der Waals surface area contributed by atoms with Gasteiger partial charge in [-0.1, -0.05) is 13.8 Å². The molecule has 0 aromatic rings. The summed E-state index contributed by atoms with van der Waals surface area (Å²) >= 11 is 1.64. The molecule has 1 aliphatic rings. The van der Waals surface area contributed by atoms with E-state index in [2.05, 4.69) is 6.92 Å². The van der Waals surface area contributed by atoms with E-state index >= 15 is 0 Å². The molecule has 1 amide bonds. The molecule has 0 spiro atoms. The van der Waals surface area contributed by atoms with E-state index in [1.54, 1.807) is 11.8 Å². The number of piperidine rings is 1. The Morgan fingerprint density at radius 2 is 2.38 bits per heavy atom. The third kappa shape index (κ3) is 4.74. The van der Waals surface area contributed by atoms with Gasteiger partial charge in [-0.05, 0) is 30.4 Å². The number of carbonyl (C=O) groups is 1. The van der Waals surface area contributed by atoms with Crippen LogP contribution >= 0.6 is 11.8 Å². The minimum atomic E-state index is 0.210. The molecule has 1 rings (SSSR count). The topological polar surface area (TPSA) is 40.5 Å². The number of hydrogen-bond acceptors (Lipinski definition) is 3. The van der Waals surface area contributed by atoms with Gasteiger partial charge in [0.05, 0.1) is 5.75 Å². The highest BCUT2D eigenvalue weighted by Gasteiger charge is 2.20. The van der Waals surface area contributed by atoms with Gasteiger partial charge in [0, 0.05) is 19.7 Å². The molecule has 0 radical (unpaired) electrons. The zero-order valence-electron chi connectivity index (χ0n) is 10.3. The van der Waals surface area contributed by atoms with Gasteiger partial charge < -0.3 is 10.0 Å². The Hall–Kier alpha value is -0.220. The molecule has 1 N–H and O–H groups in total. The van der Waals surface area contributed by atoms with E-state index in [0.717, 1.165) is 25.3 Å². The standard InChI is InChI=1S/C12H23NO2S/c1-10-4-3-5-13(6-10)12(15)9-16-8-11(2)7-14/h10-11,14H,3-9H2,1-2H3. The van der Waals surface area contributed by atoms with Crippen molar-refractivity contribution in [2.45, 2.75) is 26.7 Å². The van der Waals surface area contributed by atoms with Crippen LogP contribution in [0.25, 0.3) is 0 Å². The quantitative estimate of drug-likeness (QED) is 0.800. The Kier molecular flexibility index (Phi) is 6.21. The van der Waals surface area contributed by atoms with Crippen LogP contribution < -0.4 is 0 Å². The number of carbonyl (C=O) groups excluding carboxylic acids is 1. The fourth-order valence-electron chi connectivity index (χ4n) is 1.91. The van der Waals surface area contributed by atoms with Crippen molar-refractivity contribution in [3.8, 4) is 0 Å². The number of hydrogen-bond donors (Lipinski definition) is 1. The molecule has 0 aromatic heterocycles. The second-order valence-corrected chi connectivity index (χ2v) is 5.92. The van der Waals surface area contributed by atoms with Gasteiger partial charge in [0.2, 0.25) is 5.91 Å². The van der Waals surface area contributed by atoms with E-state index in [0.29, 0.717) is 11.7 Å². The molecule has 1 fully saturated rings.